The molecule has 14 heteroatoms. The van der Waals surface area contributed by atoms with Gasteiger partial charge in [-0.3, -0.25) is 14.3 Å². The first-order chi connectivity index (χ1) is 18.2. The van der Waals surface area contributed by atoms with E-state index < -0.39 is 40.5 Å². The van der Waals surface area contributed by atoms with Crippen LogP contribution in [0.3, 0.4) is 0 Å². The van der Waals surface area contributed by atoms with E-state index in [0.717, 1.165) is 23.5 Å². The molecule has 2 amide bonds. The summed E-state index contributed by atoms with van der Waals surface area (Å²) in [6.07, 6.45) is 1.73. The van der Waals surface area contributed by atoms with Gasteiger partial charge in [-0.05, 0) is 18.6 Å². The lowest BCUT2D eigenvalue weighted by Gasteiger charge is -2.52. The van der Waals surface area contributed by atoms with Gasteiger partial charge in [-0.1, -0.05) is 17.4 Å². The van der Waals surface area contributed by atoms with Crippen LogP contribution in [0, 0.1) is 11.6 Å². The minimum Gasteiger partial charge on any atom is -0.502 e. The number of fused-ring (bicyclic) bond motifs is 1. The number of pyridine rings is 1. The van der Waals surface area contributed by atoms with Crippen molar-refractivity contribution in [1.82, 2.24) is 24.7 Å². The molecule has 4 heterocycles. The van der Waals surface area contributed by atoms with Crippen molar-refractivity contribution < 1.29 is 28.2 Å². The Kier molecular flexibility index (Phi) is 6.51. The lowest BCUT2D eigenvalue weighted by Crippen LogP contribution is -2.67. The van der Waals surface area contributed by atoms with Crippen molar-refractivity contribution in [3.8, 4) is 16.3 Å². The summed E-state index contributed by atoms with van der Waals surface area (Å²) in [4.78, 5) is 41.6. The highest BCUT2D eigenvalue weighted by molar-refractivity contribution is 7.14. The fourth-order valence-corrected chi connectivity index (χ4v) is 5.80. The number of amides is 2. The lowest BCUT2D eigenvalue weighted by molar-refractivity contribution is 0.0183. The monoisotopic (exact) mass is 546 g/mol. The van der Waals surface area contributed by atoms with Crippen molar-refractivity contribution in [1.29, 1.82) is 0 Å². The second kappa shape index (κ2) is 9.67. The number of aromatic nitrogens is 3. The summed E-state index contributed by atoms with van der Waals surface area (Å²) < 4.78 is 33.4. The Morgan fingerprint density at radius 2 is 1.97 bits per heavy atom. The fourth-order valence-electron chi connectivity index (χ4n) is 4.93. The summed E-state index contributed by atoms with van der Waals surface area (Å²) in [5, 5.41) is 19.4. The minimum absolute atomic E-state index is 0.00183. The van der Waals surface area contributed by atoms with E-state index in [1.165, 1.54) is 24.0 Å². The molecule has 2 N–H and O–H groups in total. The summed E-state index contributed by atoms with van der Waals surface area (Å²) in [5.74, 6) is -2.68. The summed E-state index contributed by atoms with van der Waals surface area (Å²) >= 11 is 1.02. The van der Waals surface area contributed by atoms with Gasteiger partial charge >= 0.3 is 6.09 Å². The van der Waals surface area contributed by atoms with Gasteiger partial charge in [0.15, 0.2) is 16.5 Å². The number of rotatable bonds is 4. The molecular formula is C24H24F2N6O5S. The molecule has 200 valence electrons. The maximum atomic E-state index is 14.1. The van der Waals surface area contributed by atoms with Gasteiger partial charge in [0, 0.05) is 51.2 Å². The molecule has 0 bridgehead atoms. The number of benzene rings is 1. The van der Waals surface area contributed by atoms with E-state index in [1.807, 2.05) is 0 Å². The summed E-state index contributed by atoms with van der Waals surface area (Å²) in [6, 6.07) is 3.23. The molecule has 11 nitrogen and oxygen atoms in total. The predicted octanol–water partition coefficient (Wildman–Crippen LogP) is 2.52. The Hall–Kier alpha value is -4.07. The van der Waals surface area contributed by atoms with Crippen molar-refractivity contribution in [2.24, 2.45) is 0 Å². The van der Waals surface area contributed by atoms with Crippen LogP contribution in [0.15, 0.2) is 29.2 Å². The van der Waals surface area contributed by atoms with Gasteiger partial charge in [-0.2, -0.15) is 0 Å². The zero-order chi connectivity index (χ0) is 27.2. The van der Waals surface area contributed by atoms with Crippen LogP contribution in [-0.4, -0.2) is 74.2 Å². The second-order valence-electron chi connectivity index (χ2n) is 9.00. The lowest BCUT2D eigenvalue weighted by atomic mass is 9.93. The first kappa shape index (κ1) is 25.6. The van der Waals surface area contributed by atoms with E-state index in [2.05, 4.69) is 15.6 Å². The van der Waals surface area contributed by atoms with Gasteiger partial charge in [0.2, 0.25) is 5.43 Å². The number of nitrogens with zero attached hydrogens (tertiary/aromatic N) is 5. The van der Waals surface area contributed by atoms with E-state index in [9.17, 15) is 28.3 Å². The van der Waals surface area contributed by atoms with Crippen LogP contribution in [-0.2, 0) is 11.2 Å². The van der Waals surface area contributed by atoms with Gasteiger partial charge in [-0.25, -0.2) is 13.6 Å². The van der Waals surface area contributed by atoms with Crippen molar-refractivity contribution in [2.45, 2.75) is 31.8 Å². The SMILES string of the molecule is CCN1C(=O)c2c(O)c(=O)c(-c3nnc(Cc4ccc(F)cc4F)s3)cn2NC12CCN(C(=O)OC)CC2. The van der Waals surface area contributed by atoms with E-state index in [-0.39, 0.29) is 28.2 Å². The van der Waals surface area contributed by atoms with Gasteiger partial charge in [0.05, 0.1) is 12.7 Å². The molecule has 1 spiro atoms. The first-order valence-corrected chi connectivity index (χ1v) is 12.7. The number of methoxy groups -OCH3 is 1. The topological polar surface area (TPSA) is 130 Å². The number of nitrogens with one attached hydrogen (secondary N) is 1. The number of piperidine rings is 1. The van der Waals surface area contributed by atoms with Gasteiger partial charge in [-0.15, -0.1) is 10.2 Å². The van der Waals surface area contributed by atoms with E-state index in [0.29, 0.717) is 37.5 Å². The molecule has 2 aliphatic heterocycles. The Labute approximate surface area is 219 Å². The Balaban J connectivity index is 1.48. The molecule has 38 heavy (non-hydrogen) atoms. The zero-order valence-electron chi connectivity index (χ0n) is 20.5. The van der Waals surface area contributed by atoms with Crippen molar-refractivity contribution >= 4 is 23.3 Å². The molecule has 1 saturated heterocycles. The quantitative estimate of drug-likeness (QED) is 0.511. The van der Waals surface area contributed by atoms with E-state index in [1.54, 1.807) is 16.7 Å². The number of likely N-dealkylation sites (tertiary alicyclic amines) is 1. The van der Waals surface area contributed by atoms with Crippen molar-refractivity contribution in [3.05, 3.63) is 62.5 Å². The number of aromatic hydroxyl groups is 1. The maximum Gasteiger partial charge on any atom is 0.409 e. The third-order valence-electron chi connectivity index (χ3n) is 6.87. The van der Waals surface area contributed by atoms with Gasteiger partial charge in [0.1, 0.15) is 22.3 Å². The van der Waals surface area contributed by atoms with Crippen LogP contribution in [0.2, 0.25) is 0 Å². The third kappa shape index (κ3) is 4.23. The molecule has 0 unspecified atom stereocenters. The molecule has 0 aliphatic carbocycles. The number of hydrogen-bond acceptors (Lipinski definition) is 9. The zero-order valence-corrected chi connectivity index (χ0v) is 21.3. The molecule has 2 aliphatic rings. The normalized spacial score (nSPS) is 16.4. The molecule has 5 rings (SSSR count). The highest BCUT2D eigenvalue weighted by atomic mass is 32.1. The largest absolute Gasteiger partial charge is 0.502 e. The number of halogens is 2. The van der Waals surface area contributed by atoms with E-state index in [4.69, 9.17) is 4.74 Å². The Bertz CT molecular complexity index is 1480. The smallest absolute Gasteiger partial charge is 0.409 e. The number of carbonyl (C=O) groups is 2. The van der Waals surface area contributed by atoms with Crippen molar-refractivity contribution in [2.75, 3.05) is 32.2 Å². The van der Waals surface area contributed by atoms with Crippen LogP contribution in [0.1, 0.15) is 40.8 Å². The summed E-state index contributed by atoms with van der Waals surface area (Å²) in [7, 11) is 1.30. The van der Waals surface area contributed by atoms with Crippen LogP contribution in [0.4, 0.5) is 13.6 Å². The molecule has 2 aromatic heterocycles. The molecular weight excluding hydrogens is 522 g/mol. The number of hydrogen-bond donors (Lipinski definition) is 2. The Morgan fingerprint density at radius 3 is 2.63 bits per heavy atom. The van der Waals surface area contributed by atoms with Crippen LogP contribution in [0.25, 0.3) is 10.6 Å². The number of ether oxygens (including phenoxy) is 1. The van der Waals surface area contributed by atoms with E-state index >= 15 is 0 Å². The average molecular weight is 547 g/mol. The molecule has 0 atom stereocenters. The van der Waals surface area contributed by atoms with Gasteiger partial charge in [0.25, 0.3) is 5.91 Å². The number of carbonyl (C=O) groups excluding carboxylic acids is 2. The maximum absolute atomic E-state index is 14.1. The minimum atomic E-state index is -0.867. The molecule has 1 aromatic carbocycles. The summed E-state index contributed by atoms with van der Waals surface area (Å²) in [5.41, 5.74) is 1.62. The van der Waals surface area contributed by atoms with Crippen molar-refractivity contribution in [3.63, 3.8) is 0 Å². The molecule has 0 saturated carbocycles. The standard InChI is InChI=1S/C24H24F2N6O5S/c1-3-31-22(35)18-20(34)19(33)15(12-32(18)29-24(31)6-8-30(9-7-24)23(36)37-2)21-28-27-17(38-21)10-13-4-5-14(25)11-16(13)26/h4-5,11-12,29,34H,3,6-10H2,1-2H3. The molecule has 1 fully saturated rings. The fraction of sp³-hybridized carbons (Fsp3) is 0.375. The highest BCUT2D eigenvalue weighted by Gasteiger charge is 2.48. The van der Waals surface area contributed by atoms with Crippen LogP contribution >= 0.6 is 11.3 Å². The van der Waals surface area contributed by atoms with Crippen LogP contribution in [0.5, 0.6) is 5.75 Å². The summed E-state index contributed by atoms with van der Waals surface area (Å²) in [6.45, 7) is 2.76. The second-order valence-corrected chi connectivity index (χ2v) is 10.1. The average Bonchev–Trinajstić information content (AvgIpc) is 3.36. The molecule has 3 aromatic rings. The Morgan fingerprint density at radius 1 is 1.24 bits per heavy atom. The first-order valence-electron chi connectivity index (χ1n) is 11.9. The van der Waals surface area contributed by atoms with Crippen LogP contribution < -0.4 is 10.9 Å². The highest BCUT2D eigenvalue weighted by Crippen LogP contribution is 2.35. The molecule has 0 radical (unpaired) electrons. The predicted molar refractivity (Wildman–Crippen MR) is 132 cm³/mol. The third-order valence-corrected chi connectivity index (χ3v) is 7.83. The van der Waals surface area contributed by atoms with Gasteiger partial charge < -0.3 is 25.1 Å².